The highest BCUT2D eigenvalue weighted by molar-refractivity contribution is 14.1. The average molecular weight is 402 g/mol. The zero-order valence-corrected chi connectivity index (χ0v) is 13.0. The Morgan fingerprint density at radius 2 is 1.59 bits per heavy atom. The van der Waals surface area contributed by atoms with Gasteiger partial charge in [0, 0.05) is 14.1 Å². The summed E-state index contributed by atoms with van der Waals surface area (Å²) in [5.41, 5.74) is 8.65. The first-order valence-corrected chi connectivity index (χ1v) is 7.28. The topological polar surface area (TPSA) is 26.0 Å². The molecule has 0 aliphatic rings. The number of hydrogen-bond acceptors (Lipinski definition) is 1. The summed E-state index contributed by atoms with van der Waals surface area (Å²) < 4.78 is 2.34. The number of halogens is 2. The fourth-order valence-corrected chi connectivity index (χ4v) is 2.33. The number of benzene rings is 2. The third-order valence-corrected chi connectivity index (χ3v) is 3.91. The molecule has 2 N–H and O–H groups in total. The van der Waals surface area contributed by atoms with E-state index in [-0.39, 0.29) is 6.04 Å². The standard InChI is InChI=1S/C14H13BrIN/c15-12-5-3-11(4-6-12)14(17)9-10-1-7-13(16)8-2-10/h1-8,14H,9,17H2. The second kappa shape index (κ2) is 5.98. The Hall–Kier alpha value is -0.390. The normalized spacial score (nSPS) is 12.4. The van der Waals surface area contributed by atoms with E-state index in [2.05, 4.69) is 74.9 Å². The van der Waals surface area contributed by atoms with Gasteiger partial charge in [0.2, 0.25) is 0 Å². The molecule has 0 saturated carbocycles. The van der Waals surface area contributed by atoms with Gasteiger partial charge in [-0.25, -0.2) is 0 Å². The summed E-state index contributed by atoms with van der Waals surface area (Å²) >= 11 is 5.74. The van der Waals surface area contributed by atoms with Crippen LogP contribution >= 0.6 is 38.5 Å². The molecule has 0 heterocycles. The molecule has 88 valence electrons. The van der Waals surface area contributed by atoms with E-state index >= 15 is 0 Å². The van der Waals surface area contributed by atoms with Crippen LogP contribution in [0, 0.1) is 3.57 Å². The minimum Gasteiger partial charge on any atom is -0.324 e. The van der Waals surface area contributed by atoms with E-state index in [4.69, 9.17) is 5.73 Å². The smallest absolute Gasteiger partial charge is 0.0335 e. The van der Waals surface area contributed by atoms with Crippen molar-refractivity contribution in [1.82, 2.24) is 0 Å². The zero-order valence-electron chi connectivity index (χ0n) is 9.24. The Kier molecular flexibility index (Phi) is 4.59. The average Bonchev–Trinajstić information content (AvgIpc) is 2.33. The lowest BCUT2D eigenvalue weighted by Gasteiger charge is -2.12. The van der Waals surface area contributed by atoms with Crippen molar-refractivity contribution in [2.75, 3.05) is 0 Å². The molecule has 0 saturated heterocycles. The molecule has 17 heavy (non-hydrogen) atoms. The van der Waals surface area contributed by atoms with E-state index in [0.29, 0.717) is 0 Å². The van der Waals surface area contributed by atoms with Crippen LogP contribution in [0.25, 0.3) is 0 Å². The van der Waals surface area contributed by atoms with Crippen LogP contribution in [-0.4, -0.2) is 0 Å². The van der Waals surface area contributed by atoms with Crippen LogP contribution in [0.3, 0.4) is 0 Å². The summed E-state index contributed by atoms with van der Waals surface area (Å²) in [5, 5.41) is 0. The Bertz CT molecular complexity index is 479. The van der Waals surface area contributed by atoms with Crippen molar-refractivity contribution < 1.29 is 0 Å². The summed E-state index contributed by atoms with van der Waals surface area (Å²) in [6, 6.07) is 16.8. The van der Waals surface area contributed by atoms with Gasteiger partial charge >= 0.3 is 0 Å². The number of nitrogens with two attached hydrogens (primary N) is 1. The molecule has 0 amide bonds. The first-order valence-electron chi connectivity index (χ1n) is 5.40. The highest BCUT2D eigenvalue weighted by Gasteiger charge is 2.06. The number of hydrogen-bond donors (Lipinski definition) is 1. The van der Waals surface area contributed by atoms with Gasteiger partial charge in [-0.1, -0.05) is 40.2 Å². The van der Waals surface area contributed by atoms with Crippen molar-refractivity contribution in [1.29, 1.82) is 0 Å². The van der Waals surface area contributed by atoms with Gasteiger partial charge in [-0.2, -0.15) is 0 Å². The molecule has 0 aromatic heterocycles. The van der Waals surface area contributed by atoms with E-state index in [0.717, 1.165) is 10.9 Å². The molecule has 2 aromatic carbocycles. The Balaban J connectivity index is 2.08. The van der Waals surface area contributed by atoms with E-state index in [1.54, 1.807) is 0 Å². The second-order valence-corrected chi connectivity index (χ2v) is 6.15. The van der Waals surface area contributed by atoms with Gasteiger partial charge in [-0.15, -0.1) is 0 Å². The first kappa shape index (κ1) is 13.1. The lowest BCUT2D eigenvalue weighted by atomic mass is 10.00. The second-order valence-electron chi connectivity index (χ2n) is 3.99. The molecule has 0 bridgehead atoms. The van der Waals surface area contributed by atoms with Gasteiger partial charge in [0.15, 0.2) is 0 Å². The minimum atomic E-state index is 0.0585. The van der Waals surface area contributed by atoms with Crippen molar-refractivity contribution >= 4 is 38.5 Å². The SMILES string of the molecule is NC(Cc1ccc(I)cc1)c1ccc(Br)cc1. The van der Waals surface area contributed by atoms with Crippen LogP contribution in [0.1, 0.15) is 17.2 Å². The van der Waals surface area contributed by atoms with E-state index in [9.17, 15) is 0 Å². The van der Waals surface area contributed by atoms with Crippen molar-refractivity contribution in [3.05, 3.63) is 67.7 Å². The van der Waals surface area contributed by atoms with Gasteiger partial charge in [0.1, 0.15) is 0 Å². The maximum Gasteiger partial charge on any atom is 0.0335 e. The first-order chi connectivity index (χ1) is 8.15. The minimum absolute atomic E-state index is 0.0585. The molecule has 0 fully saturated rings. The van der Waals surface area contributed by atoms with Gasteiger partial charge in [-0.05, 0) is 64.4 Å². The molecule has 2 rings (SSSR count). The van der Waals surface area contributed by atoms with E-state index in [1.807, 2.05) is 12.1 Å². The molecule has 0 aliphatic carbocycles. The quantitative estimate of drug-likeness (QED) is 0.762. The van der Waals surface area contributed by atoms with Gasteiger partial charge in [-0.3, -0.25) is 0 Å². The van der Waals surface area contributed by atoms with Crippen LogP contribution in [0.4, 0.5) is 0 Å². The molecule has 2 aromatic rings. The summed E-state index contributed by atoms with van der Waals surface area (Å²) in [6.45, 7) is 0. The van der Waals surface area contributed by atoms with Crippen molar-refractivity contribution in [2.45, 2.75) is 12.5 Å². The summed E-state index contributed by atoms with van der Waals surface area (Å²) in [7, 11) is 0. The van der Waals surface area contributed by atoms with Crippen LogP contribution < -0.4 is 5.73 Å². The molecule has 0 aliphatic heterocycles. The monoisotopic (exact) mass is 401 g/mol. The van der Waals surface area contributed by atoms with Crippen LogP contribution in [0.5, 0.6) is 0 Å². The Labute approximate surface area is 124 Å². The van der Waals surface area contributed by atoms with E-state index < -0.39 is 0 Å². The molecule has 3 heteroatoms. The fourth-order valence-electron chi connectivity index (χ4n) is 1.70. The fraction of sp³-hybridized carbons (Fsp3) is 0.143. The maximum absolute atomic E-state index is 6.20. The van der Waals surface area contributed by atoms with Crippen LogP contribution in [0.2, 0.25) is 0 Å². The van der Waals surface area contributed by atoms with Crippen molar-refractivity contribution in [3.8, 4) is 0 Å². The zero-order chi connectivity index (χ0) is 12.3. The van der Waals surface area contributed by atoms with Crippen molar-refractivity contribution in [3.63, 3.8) is 0 Å². The van der Waals surface area contributed by atoms with Gasteiger partial charge in [0.25, 0.3) is 0 Å². The maximum atomic E-state index is 6.20. The Morgan fingerprint density at radius 1 is 1.00 bits per heavy atom. The van der Waals surface area contributed by atoms with Crippen LogP contribution in [0.15, 0.2) is 53.0 Å². The summed E-state index contributed by atoms with van der Waals surface area (Å²) in [6.07, 6.45) is 0.874. The summed E-state index contributed by atoms with van der Waals surface area (Å²) in [4.78, 5) is 0. The molecule has 0 radical (unpaired) electrons. The molecule has 1 nitrogen and oxygen atoms in total. The molecule has 1 atom stereocenters. The summed E-state index contributed by atoms with van der Waals surface area (Å²) in [5.74, 6) is 0. The van der Waals surface area contributed by atoms with Crippen LogP contribution in [-0.2, 0) is 6.42 Å². The molecule has 0 spiro atoms. The van der Waals surface area contributed by atoms with Crippen molar-refractivity contribution in [2.24, 2.45) is 5.73 Å². The highest BCUT2D eigenvalue weighted by atomic mass is 127. The number of rotatable bonds is 3. The van der Waals surface area contributed by atoms with Gasteiger partial charge in [0.05, 0.1) is 0 Å². The lowest BCUT2D eigenvalue weighted by Crippen LogP contribution is -2.13. The lowest BCUT2D eigenvalue weighted by molar-refractivity contribution is 0.722. The van der Waals surface area contributed by atoms with Gasteiger partial charge < -0.3 is 5.73 Å². The predicted octanol–water partition coefficient (Wildman–Crippen LogP) is 4.30. The third-order valence-electron chi connectivity index (χ3n) is 2.67. The Morgan fingerprint density at radius 3 is 2.18 bits per heavy atom. The third kappa shape index (κ3) is 3.79. The molecular weight excluding hydrogens is 389 g/mol. The molecule has 1 unspecified atom stereocenters. The van der Waals surface area contributed by atoms with E-state index in [1.165, 1.54) is 14.7 Å². The largest absolute Gasteiger partial charge is 0.324 e. The molecular formula is C14H13BrIN. The highest BCUT2D eigenvalue weighted by Crippen LogP contribution is 2.19. The predicted molar refractivity (Wildman–Crippen MR) is 83.9 cm³/mol.